The molecule has 6 unspecified atom stereocenters. The molecule has 0 spiro atoms. The molecule has 0 saturated carbocycles. The maximum atomic E-state index is 14.4. The molecule has 0 radical (unpaired) electrons. The summed E-state index contributed by atoms with van der Waals surface area (Å²) in [6, 6.07) is 0. The second kappa shape index (κ2) is 31.2. The number of ether oxygens (including phenoxy) is 5. The lowest BCUT2D eigenvalue weighted by atomic mass is 10.1. The molecule has 4 aliphatic rings. The maximum Gasteiger partial charge on any atom is 0.472 e. The molecule has 22 atom stereocenters. The molecular weight excluding hydrogens is 1610 g/mol. The van der Waals surface area contributed by atoms with Crippen LogP contribution >= 0.6 is 46.9 Å². The number of nitrogens with one attached hydrogen (secondary N) is 3. The minimum atomic E-state index is -5.99. The molecule has 0 aliphatic carbocycles. The van der Waals surface area contributed by atoms with Crippen LogP contribution in [0.2, 0.25) is 0 Å². The molecule has 0 amide bonds. The zero-order valence-electron chi connectivity index (χ0n) is 54.9. The highest BCUT2D eigenvalue weighted by Gasteiger charge is 2.55. The lowest BCUT2D eigenvalue weighted by Crippen LogP contribution is -2.46. The van der Waals surface area contributed by atoms with Crippen LogP contribution in [0, 0.1) is 0 Å². The van der Waals surface area contributed by atoms with Crippen molar-refractivity contribution in [3.8, 4) is 0 Å². The largest absolute Gasteiger partial charge is 0.472 e. The van der Waals surface area contributed by atoms with Crippen LogP contribution in [0.5, 0.6) is 0 Å². The topological polar surface area (TPSA) is 833 Å². The van der Waals surface area contributed by atoms with Crippen LogP contribution in [0.15, 0.2) is 46.0 Å². The van der Waals surface area contributed by atoms with Crippen molar-refractivity contribution in [2.24, 2.45) is 7.05 Å². The molecule has 0 bridgehead atoms. The number of phosphoric ester groups is 6. The van der Waals surface area contributed by atoms with E-state index in [0.29, 0.717) is 0 Å². The van der Waals surface area contributed by atoms with Gasteiger partial charge in [0.15, 0.2) is 58.8 Å². The number of nitrogen functional groups attached to an aromatic ring is 4. The van der Waals surface area contributed by atoms with Gasteiger partial charge in [0.25, 0.3) is 22.6 Å². The molecule has 12 rings (SSSR count). The smallest absolute Gasteiger partial charge is 0.387 e. The van der Waals surface area contributed by atoms with Crippen LogP contribution in [-0.2, 0) is 103 Å². The Morgan fingerprint density at radius 1 is 0.495 bits per heavy atom. The number of phosphoric acid groups is 6. The van der Waals surface area contributed by atoms with Gasteiger partial charge in [-0.2, -0.15) is 9.97 Å². The van der Waals surface area contributed by atoms with E-state index in [2.05, 4.69) is 63.9 Å². The molecule has 4 aliphatic heterocycles. The molecular formula is C46H65N20O37P6+. The van der Waals surface area contributed by atoms with E-state index in [0.717, 1.165) is 50.7 Å². The van der Waals surface area contributed by atoms with Crippen molar-refractivity contribution in [3.63, 3.8) is 0 Å². The Labute approximate surface area is 601 Å². The molecule has 63 heteroatoms. The molecule has 600 valence electrons. The van der Waals surface area contributed by atoms with Crippen LogP contribution in [0.25, 0.3) is 44.7 Å². The first-order valence-electron chi connectivity index (χ1n) is 30.7. The van der Waals surface area contributed by atoms with Crippen LogP contribution in [-0.4, -0.2) is 270 Å². The van der Waals surface area contributed by atoms with Gasteiger partial charge in [0, 0.05) is 7.11 Å². The Bertz CT molecular complexity index is 5210. The van der Waals surface area contributed by atoms with E-state index in [4.69, 9.17) is 82.8 Å². The van der Waals surface area contributed by atoms with E-state index in [9.17, 15) is 106 Å². The number of aliphatic hydroxyl groups excluding tert-OH is 5. The number of H-pyrrole nitrogens is 3. The summed E-state index contributed by atoms with van der Waals surface area (Å²) in [6.45, 7) is -8.41. The Kier molecular flexibility index (Phi) is 23.3. The zero-order chi connectivity index (χ0) is 79.1. The fourth-order valence-electron chi connectivity index (χ4n) is 11.8. The van der Waals surface area contributed by atoms with E-state index < -0.39 is 225 Å². The molecule has 24 N–H and O–H groups in total. The Morgan fingerprint density at radius 2 is 0.927 bits per heavy atom. The highest BCUT2D eigenvalue weighted by molar-refractivity contribution is 7.48. The summed E-state index contributed by atoms with van der Waals surface area (Å²) in [7, 11) is -32.7. The fourth-order valence-corrected chi connectivity index (χ4v) is 16.3. The van der Waals surface area contributed by atoms with Gasteiger partial charge in [-0.05, 0) is 0 Å². The summed E-state index contributed by atoms with van der Waals surface area (Å²) in [6.07, 6.45) is -30.3. The van der Waals surface area contributed by atoms with E-state index in [1.165, 1.54) is 17.9 Å². The number of aliphatic hydroxyl groups is 5. The van der Waals surface area contributed by atoms with Gasteiger partial charge in [-0.25, -0.2) is 56.9 Å². The molecule has 0 aromatic carbocycles. The van der Waals surface area contributed by atoms with Crippen molar-refractivity contribution in [3.05, 3.63) is 62.7 Å². The lowest BCUT2D eigenvalue weighted by Gasteiger charge is -2.28. The molecule has 57 nitrogen and oxygen atoms in total. The maximum absolute atomic E-state index is 14.4. The first kappa shape index (κ1) is 81.5. The predicted octanol–water partition coefficient (Wildman–Crippen LogP) is -7.38. The van der Waals surface area contributed by atoms with Crippen molar-refractivity contribution in [1.29, 1.82) is 0 Å². The van der Waals surface area contributed by atoms with Crippen molar-refractivity contribution in [2.45, 2.75) is 110 Å². The summed E-state index contributed by atoms with van der Waals surface area (Å²) in [5, 5.41) is 55.7. The monoisotopic (exact) mass is 1680 g/mol. The van der Waals surface area contributed by atoms with E-state index >= 15 is 0 Å². The number of methoxy groups -OCH3 is 1. The molecule has 12 heterocycles. The number of fused-ring (bicyclic) bond motifs is 4. The van der Waals surface area contributed by atoms with Gasteiger partial charge in [-0.3, -0.25) is 92.8 Å². The van der Waals surface area contributed by atoms with E-state index in [1.807, 2.05) is 0 Å². The first-order chi connectivity index (χ1) is 51.0. The van der Waals surface area contributed by atoms with Gasteiger partial charge >= 0.3 is 52.6 Å². The van der Waals surface area contributed by atoms with E-state index in [1.54, 1.807) is 0 Å². The number of aromatic nitrogens is 16. The Morgan fingerprint density at radius 3 is 1.47 bits per heavy atom. The lowest BCUT2D eigenvalue weighted by molar-refractivity contribution is -0.745. The van der Waals surface area contributed by atoms with Crippen molar-refractivity contribution in [1.82, 2.24) is 73.1 Å². The molecule has 109 heavy (non-hydrogen) atoms. The van der Waals surface area contributed by atoms with Crippen molar-refractivity contribution in [2.75, 3.05) is 69.7 Å². The summed E-state index contributed by atoms with van der Waals surface area (Å²) in [5.74, 6) is -1.39. The Hall–Kier alpha value is -6.94. The highest BCUT2D eigenvalue weighted by Crippen LogP contribution is 2.55. The second-order valence-corrected chi connectivity index (χ2v) is 32.0. The van der Waals surface area contributed by atoms with Crippen LogP contribution in [0.4, 0.5) is 23.7 Å². The standard InChI is InChI=1S/C46H64N20O37P6/c1-62-13-66(36-23(62)39(74)61-46(50)58-36)41-27(70)25(68)16(97-41)5-92-106(81,82)90-3-14(100-104(75,76)77)15(101-105(78,79)80)4-91-107(83,84)93-8-19-30(31(89-2)43(99-19)65-12-55-22-35(65)57-45(49)60-38(22)73)103-109(87,88)95-7-18-29(28(71)42(98-18)63-10-53-20-32(47)51-9-52-33(20)63)102-108(85,86)94-6-17-24(67)26(69)40(96-17)64-11-54-21-34(64)56-44(48)59-37(21)72/h9-19,24-31,40-43,67-71H,3-8H2,1-2H3,(H18-,47,48,49,50,51,52,56,57,58,59,60,61,72,73,74,75,76,77,78,79,80,81,82,83,84,85,86,87,88)/p+1/t14?,15?,16-,17-,18-,19-,24-,25-,26-,27-,28-,29-,30-,31-,40-,41-,42-,43-/m1/s1. The molecule has 8 aromatic rings. The molecule has 4 saturated heterocycles. The third kappa shape index (κ3) is 17.8. The number of nitrogens with zero attached hydrogens (tertiary/aromatic N) is 13. The third-order valence-corrected chi connectivity index (χ3v) is 21.6. The number of hydrogen-bond donors (Lipinski definition) is 20. The van der Waals surface area contributed by atoms with Crippen molar-refractivity contribution >= 4 is 115 Å². The van der Waals surface area contributed by atoms with Crippen molar-refractivity contribution < 1.29 is 166 Å². The number of aryl methyl sites for hydroxylation is 1. The van der Waals surface area contributed by atoms with Crippen LogP contribution in [0.1, 0.15) is 24.9 Å². The number of nitrogens with two attached hydrogens (primary N) is 4. The number of hydrogen-bond acceptors (Lipinski definition) is 41. The zero-order valence-corrected chi connectivity index (χ0v) is 60.3. The number of aromatic amines is 3. The van der Waals surface area contributed by atoms with Gasteiger partial charge in [0.1, 0.15) is 97.3 Å². The summed E-state index contributed by atoms with van der Waals surface area (Å²) in [5.41, 5.74) is 19.2. The SMILES string of the molecule is CO[C@@H]1[C@H](OP(=O)(O)OC[C@H]2O[C@@H](n3cnc4c(N)ncnc43)[C@H](O)[C@@H]2OP(=O)(O)OC[C@H]2O[C@@H](n3cnc4c(=O)[nH]c(N)nc43)[C@H](O)[C@@H]2O)[C@@H](COP(=O)(O)OCC(OP(=O)(O)O)C(COP(=O)(O)OC[C@H]2O[C@@H]([n+]3cn(C)c4c(=O)[nH]c(N)nc43)[C@H](O)[C@@H]2O)OP(=O)(O)O)O[C@H]1n1cnc2c(=O)[nH]c(N)nc21. The predicted molar refractivity (Wildman–Crippen MR) is 346 cm³/mol. The van der Waals surface area contributed by atoms with Crippen LogP contribution in [0.3, 0.4) is 0 Å². The minimum absolute atomic E-state index is 0.0573. The fraction of sp³-hybridized carbons (Fsp3) is 0.565. The quantitative estimate of drug-likeness (QED) is 0.0138. The number of imidazole rings is 4. The molecule has 8 aromatic heterocycles. The number of rotatable bonds is 32. The Balaban J connectivity index is 0.745. The van der Waals surface area contributed by atoms with E-state index in [-0.39, 0.29) is 56.9 Å². The van der Waals surface area contributed by atoms with Gasteiger partial charge in [-0.15, -0.1) is 0 Å². The molecule has 4 fully saturated rings. The normalized spacial score (nSPS) is 29.1. The van der Waals surface area contributed by atoms with Gasteiger partial charge < -0.3 is 111 Å². The minimum Gasteiger partial charge on any atom is -0.387 e. The number of anilines is 4. The van der Waals surface area contributed by atoms with Gasteiger partial charge in [0.2, 0.25) is 23.6 Å². The summed E-state index contributed by atoms with van der Waals surface area (Å²) >= 11 is 0. The summed E-state index contributed by atoms with van der Waals surface area (Å²) in [4.78, 5) is 161. The summed E-state index contributed by atoms with van der Waals surface area (Å²) < 4.78 is 165. The second-order valence-electron chi connectivity index (χ2n) is 23.9. The van der Waals surface area contributed by atoms with Gasteiger partial charge in [0.05, 0.1) is 65.7 Å². The average molecular weight is 1680 g/mol. The van der Waals surface area contributed by atoms with Crippen LogP contribution < -0.4 is 44.2 Å². The third-order valence-electron chi connectivity index (χ3n) is 16.6. The average Bonchev–Trinajstić information content (AvgIpc) is 1.63. The highest BCUT2D eigenvalue weighted by atomic mass is 31.2. The first-order valence-corrected chi connectivity index (χ1v) is 39.7. The van der Waals surface area contributed by atoms with Gasteiger partial charge in [-0.1, -0.05) is 4.98 Å².